The van der Waals surface area contributed by atoms with Crippen LogP contribution in [0.25, 0.3) is 0 Å². The molecule has 1 aromatic carbocycles. The molecule has 0 aliphatic carbocycles. The predicted octanol–water partition coefficient (Wildman–Crippen LogP) is 3.66. The lowest BCUT2D eigenvalue weighted by Crippen LogP contribution is -2.34. The Morgan fingerprint density at radius 2 is 2.10 bits per heavy atom. The minimum atomic E-state index is -3.10. The minimum Gasteiger partial charge on any atom is -0.494 e. The van der Waals surface area contributed by atoms with Crippen LogP contribution in [0.2, 0.25) is 0 Å². The third-order valence-electron chi connectivity index (χ3n) is 5.18. The summed E-state index contributed by atoms with van der Waals surface area (Å²) < 4.78 is 37.2. The Bertz CT molecular complexity index is 842. The van der Waals surface area contributed by atoms with E-state index in [2.05, 4.69) is 10.1 Å². The number of rotatable bonds is 8. The van der Waals surface area contributed by atoms with Crippen molar-refractivity contribution >= 4 is 11.9 Å². The second-order valence-corrected chi connectivity index (χ2v) is 7.55. The number of carbonyl (C=O) groups excluding carboxylic acids is 1. The minimum absolute atomic E-state index is 0.165. The van der Waals surface area contributed by atoms with Gasteiger partial charge in [-0.05, 0) is 62.3 Å². The molecule has 1 fully saturated rings. The van der Waals surface area contributed by atoms with E-state index in [1.54, 1.807) is 12.1 Å². The third kappa shape index (κ3) is 5.42. The van der Waals surface area contributed by atoms with Gasteiger partial charge in [0.05, 0.1) is 6.61 Å². The van der Waals surface area contributed by atoms with E-state index in [1.165, 1.54) is 0 Å². The van der Waals surface area contributed by atoms with E-state index in [0.29, 0.717) is 31.2 Å². The van der Waals surface area contributed by atoms with Gasteiger partial charge in [0.15, 0.2) is 0 Å². The summed E-state index contributed by atoms with van der Waals surface area (Å²) in [5, 5.41) is 3.37. The molecule has 0 bridgehead atoms. The first-order chi connectivity index (χ1) is 13.7. The first kappa shape index (κ1) is 21.0. The summed E-state index contributed by atoms with van der Waals surface area (Å²) in [6.45, 7) is 4.58. The normalized spacial score (nSPS) is 15.5. The quantitative estimate of drug-likeness (QED) is 0.670. The third-order valence-corrected chi connectivity index (χ3v) is 5.18. The number of hydrogen-bond acceptors (Lipinski definition) is 6. The van der Waals surface area contributed by atoms with Crippen molar-refractivity contribution in [1.82, 2.24) is 10.1 Å². The molecule has 3 rings (SSSR count). The number of carbonyl (C=O) groups is 1. The molecule has 1 saturated heterocycles. The first-order valence-electron chi connectivity index (χ1n) is 9.74. The van der Waals surface area contributed by atoms with Gasteiger partial charge >= 0.3 is 11.9 Å². The number of aromatic nitrogens is 2. The Balaban J connectivity index is 1.39. The van der Waals surface area contributed by atoms with Crippen molar-refractivity contribution in [2.45, 2.75) is 45.5 Å². The number of hydrogen-bond donors (Lipinski definition) is 1. The molecule has 2 N–H and O–H groups in total. The summed E-state index contributed by atoms with van der Waals surface area (Å²) in [7, 11) is 0. The molecule has 0 spiro atoms. The van der Waals surface area contributed by atoms with Crippen LogP contribution in [0.1, 0.15) is 54.4 Å². The van der Waals surface area contributed by atoms with Crippen LogP contribution in [0, 0.1) is 12.8 Å². The molecule has 1 aliphatic rings. The topological polar surface area (TPSA) is 94.5 Å². The molecule has 2 aromatic rings. The molecule has 0 radical (unpaired) electrons. The van der Waals surface area contributed by atoms with E-state index < -0.39 is 17.7 Å². The Kier molecular flexibility index (Phi) is 6.34. The zero-order valence-corrected chi connectivity index (χ0v) is 16.7. The standard InChI is InChI=1S/C20H26F2N4O3/c1-13-12-15(5-6-16(13)17(23)27)28-11-3-4-14-7-9-26(10-8-14)19-24-18(25-29-19)20(2,21)22/h5-6,12,14H,3-4,7-11H2,1-2H3,(H2,23,27). The number of primary amides is 1. The van der Waals surface area contributed by atoms with Crippen molar-refractivity contribution in [1.29, 1.82) is 0 Å². The molecule has 0 unspecified atom stereocenters. The first-order valence-corrected chi connectivity index (χ1v) is 9.74. The van der Waals surface area contributed by atoms with Crippen LogP contribution >= 0.6 is 0 Å². The Morgan fingerprint density at radius 3 is 2.69 bits per heavy atom. The number of aryl methyl sites for hydroxylation is 1. The number of nitrogens with zero attached hydrogens (tertiary/aromatic N) is 3. The predicted molar refractivity (Wildman–Crippen MR) is 103 cm³/mol. The lowest BCUT2D eigenvalue weighted by Gasteiger charge is -2.30. The van der Waals surface area contributed by atoms with Crippen LogP contribution in [0.4, 0.5) is 14.8 Å². The fourth-order valence-corrected chi connectivity index (χ4v) is 3.50. The number of ether oxygens (including phenoxy) is 1. The Labute approximate surface area is 168 Å². The number of benzene rings is 1. The maximum absolute atomic E-state index is 13.2. The smallest absolute Gasteiger partial charge is 0.324 e. The molecule has 7 nitrogen and oxygen atoms in total. The zero-order valence-electron chi connectivity index (χ0n) is 16.7. The fraction of sp³-hybridized carbons (Fsp3) is 0.550. The van der Waals surface area contributed by atoms with Crippen molar-refractivity contribution in [3.63, 3.8) is 0 Å². The molecule has 1 aliphatic heterocycles. The van der Waals surface area contributed by atoms with Gasteiger partial charge in [-0.25, -0.2) is 0 Å². The molecule has 0 saturated carbocycles. The monoisotopic (exact) mass is 408 g/mol. The second-order valence-electron chi connectivity index (χ2n) is 7.55. The number of anilines is 1. The van der Waals surface area contributed by atoms with Crippen molar-refractivity contribution in [2.24, 2.45) is 11.7 Å². The van der Waals surface area contributed by atoms with E-state index in [4.69, 9.17) is 15.0 Å². The zero-order chi connectivity index (χ0) is 21.0. The highest BCUT2D eigenvalue weighted by Crippen LogP contribution is 2.29. The van der Waals surface area contributed by atoms with Crippen LogP contribution in [0.3, 0.4) is 0 Å². The van der Waals surface area contributed by atoms with Crippen LogP contribution in [-0.4, -0.2) is 35.7 Å². The molecular formula is C20H26F2N4O3. The van der Waals surface area contributed by atoms with E-state index >= 15 is 0 Å². The van der Waals surface area contributed by atoms with Crippen LogP contribution in [0.5, 0.6) is 5.75 Å². The fourth-order valence-electron chi connectivity index (χ4n) is 3.50. The van der Waals surface area contributed by atoms with Gasteiger partial charge in [0, 0.05) is 25.6 Å². The molecular weight excluding hydrogens is 382 g/mol. The van der Waals surface area contributed by atoms with Gasteiger partial charge in [-0.3, -0.25) is 4.79 Å². The van der Waals surface area contributed by atoms with Gasteiger partial charge in [0.2, 0.25) is 11.7 Å². The molecule has 2 heterocycles. The van der Waals surface area contributed by atoms with E-state index in [9.17, 15) is 13.6 Å². The maximum atomic E-state index is 13.2. The number of alkyl halides is 2. The van der Waals surface area contributed by atoms with Crippen molar-refractivity contribution in [3.8, 4) is 5.75 Å². The van der Waals surface area contributed by atoms with Gasteiger partial charge in [0.25, 0.3) is 0 Å². The van der Waals surface area contributed by atoms with Crippen LogP contribution < -0.4 is 15.4 Å². The molecule has 1 amide bonds. The Hall–Kier alpha value is -2.71. The van der Waals surface area contributed by atoms with E-state index in [0.717, 1.165) is 43.9 Å². The molecule has 1 aromatic heterocycles. The van der Waals surface area contributed by atoms with Gasteiger partial charge < -0.3 is 19.9 Å². The largest absolute Gasteiger partial charge is 0.494 e. The lowest BCUT2D eigenvalue weighted by atomic mass is 9.92. The summed E-state index contributed by atoms with van der Waals surface area (Å²) in [6, 6.07) is 5.42. The van der Waals surface area contributed by atoms with Crippen molar-refractivity contribution < 1.29 is 22.8 Å². The van der Waals surface area contributed by atoms with E-state index in [1.807, 2.05) is 17.9 Å². The Morgan fingerprint density at radius 1 is 1.38 bits per heavy atom. The number of amides is 1. The number of piperidine rings is 1. The molecule has 9 heteroatoms. The highest BCUT2D eigenvalue weighted by Gasteiger charge is 2.32. The maximum Gasteiger partial charge on any atom is 0.324 e. The van der Waals surface area contributed by atoms with Crippen molar-refractivity contribution in [2.75, 3.05) is 24.6 Å². The summed E-state index contributed by atoms with van der Waals surface area (Å²) in [6.07, 6.45) is 3.81. The van der Waals surface area contributed by atoms with Gasteiger partial charge in [0.1, 0.15) is 5.75 Å². The van der Waals surface area contributed by atoms with Crippen molar-refractivity contribution in [3.05, 3.63) is 35.2 Å². The second kappa shape index (κ2) is 8.75. The average molecular weight is 408 g/mol. The summed E-state index contributed by atoms with van der Waals surface area (Å²) >= 11 is 0. The van der Waals surface area contributed by atoms with E-state index in [-0.39, 0.29) is 6.01 Å². The highest BCUT2D eigenvalue weighted by molar-refractivity contribution is 5.94. The van der Waals surface area contributed by atoms with Gasteiger partial charge in [-0.15, -0.1) is 0 Å². The summed E-state index contributed by atoms with van der Waals surface area (Å²) in [5.74, 6) is -2.85. The SMILES string of the molecule is Cc1cc(OCCCC2CCN(c3nc(C(C)(F)F)no3)CC2)ccc1C(N)=O. The molecule has 29 heavy (non-hydrogen) atoms. The average Bonchev–Trinajstić information content (AvgIpc) is 3.16. The number of halogens is 2. The van der Waals surface area contributed by atoms with Crippen LogP contribution in [-0.2, 0) is 5.92 Å². The molecule has 0 atom stereocenters. The van der Waals surface area contributed by atoms with Crippen LogP contribution in [0.15, 0.2) is 22.7 Å². The lowest BCUT2D eigenvalue weighted by molar-refractivity contribution is 0.00559. The molecule has 158 valence electrons. The summed E-state index contributed by atoms with van der Waals surface area (Å²) in [4.78, 5) is 16.9. The number of nitrogens with two attached hydrogens (primary N) is 1. The highest BCUT2D eigenvalue weighted by atomic mass is 19.3. The van der Waals surface area contributed by atoms with Gasteiger partial charge in [-0.2, -0.15) is 13.8 Å². The summed E-state index contributed by atoms with van der Waals surface area (Å²) in [5.41, 5.74) is 6.60. The van der Waals surface area contributed by atoms with Gasteiger partial charge in [-0.1, -0.05) is 5.16 Å².